The van der Waals surface area contributed by atoms with Crippen LogP contribution in [0.5, 0.6) is 0 Å². The minimum Gasteiger partial charge on any atom is -0.427 e. The minimum atomic E-state index is -0.935. The lowest BCUT2D eigenvalue weighted by Gasteiger charge is -2.37. The SMILES string of the molecule is CC(C)(O)C(C)(C)OBc1cc2ccc3ccccc3c2c2sc3ccccc3c12. The molecule has 0 spiro atoms. The third kappa shape index (κ3) is 3.02. The molecule has 0 aliphatic carbocycles. The number of rotatable bonds is 4. The number of benzene rings is 4. The van der Waals surface area contributed by atoms with Crippen molar-refractivity contribution < 1.29 is 9.76 Å². The lowest BCUT2D eigenvalue weighted by Crippen LogP contribution is -2.49. The molecule has 0 saturated heterocycles. The number of aliphatic hydroxyl groups is 1. The van der Waals surface area contributed by atoms with Crippen LogP contribution in [-0.4, -0.2) is 23.8 Å². The quantitative estimate of drug-likeness (QED) is 0.294. The van der Waals surface area contributed by atoms with Crippen molar-refractivity contribution >= 4 is 66.0 Å². The van der Waals surface area contributed by atoms with Crippen LogP contribution in [0.25, 0.3) is 41.7 Å². The molecular formula is C26H25BO2S. The van der Waals surface area contributed by atoms with Gasteiger partial charge in [0.15, 0.2) is 0 Å². The Morgan fingerprint density at radius 1 is 0.800 bits per heavy atom. The maximum atomic E-state index is 10.5. The smallest absolute Gasteiger partial charge is 0.310 e. The van der Waals surface area contributed by atoms with Crippen molar-refractivity contribution in [1.82, 2.24) is 0 Å². The molecule has 4 heteroatoms. The molecule has 0 saturated carbocycles. The van der Waals surface area contributed by atoms with Crippen LogP contribution in [0, 0.1) is 0 Å². The van der Waals surface area contributed by atoms with Gasteiger partial charge in [0, 0.05) is 14.8 Å². The van der Waals surface area contributed by atoms with Crippen molar-refractivity contribution in [2.45, 2.75) is 38.9 Å². The van der Waals surface area contributed by atoms with Crippen molar-refractivity contribution in [3.8, 4) is 0 Å². The Morgan fingerprint density at radius 3 is 2.23 bits per heavy atom. The van der Waals surface area contributed by atoms with Gasteiger partial charge in [-0.15, -0.1) is 11.3 Å². The van der Waals surface area contributed by atoms with E-state index in [9.17, 15) is 5.11 Å². The fourth-order valence-electron chi connectivity index (χ4n) is 4.01. The van der Waals surface area contributed by atoms with Crippen LogP contribution in [0.3, 0.4) is 0 Å². The molecule has 4 aromatic carbocycles. The first-order valence-electron chi connectivity index (χ1n) is 10.4. The predicted molar refractivity (Wildman–Crippen MR) is 133 cm³/mol. The highest BCUT2D eigenvalue weighted by Gasteiger charge is 2.36. The second-order valence-corrected chi connectivity index (χ2v) is 10.1. The largest absolute Gasteiger partial charge is 0.427 e. The highest BCUT2D eigenvalue weighted by Crippen LogP contribution is 2.40. The minimum absolute atomic E-state index is 0.455. The van der Waals surface area contributed by atoms with Gasteiger partial charge in [-0.25, -0.2) is 0 Å². The molecule has 0 atom stereocenters. The molecule has 30 heavy (non-hydrogen) atoms. The van der Waals surface area contributed by atoms with Gasteiger partial charge in [0.2, 0.25) is 0 Å². The molecule has 0 radical (unpaired) electrons. The third-order valence-corrected chi connectivity index (χ3v) is 7.68. The third-order valence-electron chi connectivity index (χ3n) is 6.50. The van der Waals surface area contributed by atoms with Crippen molar-refractivity contribution in [1.29, 1.82) is 0 Å². The maximum Gasteiger partial charge on any atom is 0.310 e. The van der Waals surface area contributed by atoms with Gasteiger partial charge in [-0.1, -0.05) is 60.7 Å². The summed E-state index contributed by atoms with van der Waals surface area (Å²) in [6.07, 6.45) is 0. The molecule has 0 fully saturated rings. The van der Waals surface area contributed by atoms with E-state index in [0.29, 0.717) is 7.48 Å². The molecule has 1 heterocycles. The zero-order valence-corrected chi connectivity index (χ0v) is 18.6. The lowest BCUT2D eigenvalue weighted by atomic mass is 9.79. The molecular weight excluding hydrogens is 387 g/mol. The summed E-state index contributed by atoms with van der Waals surface area (Å²) in [5.74, 6) is 0. The molecule has 0 amide bonds. The van der Waals surface area contributed by atoms with Crippen LogP contribution < -0.4 is 5.46 Å². The number of hydrogen-bond acceptors (Lipinski definition) is 3. The second kappa shape index (κ2) is 6.81. The van der Waals surface area contributed by atoms with Crippen molar-refractivity contribution in [3.05, 3.63) is 66.7 Å². The first-order valence-corrected chi connectivity index (χ1v) is 11.2. The average molecular weight is 412 g/mol. The van der Waals surface area contributed by atoms with E-state index < -0.39 is 11.2 Å². The number of hydrogen-bond donors (Lipinski definition) is 1. The highest BCUT2D eigenvalue weighted by atomic mass is 32.1. The number of thiophene rings is 1. The van der Waals surface area contributed by atoms with Gasteiger partial charge in [0.05, 0.1) is 11.2 Å². The summed E-state index contributed by atoms with van der Waals surface area (Å²) >= 11 is 1.85. The van der Waals surface area contributed by atoms with Gasteiger partial charge in [-0.2, -0.15) is 0 Å². The van der Waals surface area contributed by atoms with Crippen molar-refractivity contribution in [2.75, 3.05) is 0 Å². The Labute approximate surface area is 181 Å². The monoisotopic (exact) mass is 412 g/mol. The van der Waals surface area contributed by atoms with E-state index in [2.05, 4.69) is 66.7 Å². The molecule has 5 aromatic rings. The van der Waals surface area contributed by atoms with Crippen LogP contribution in [0.15, 0.2) is 66.7 Å². The normalized spacial score (nSPS) is 13.0. The Bertz CT molecular complexity index is 1410. The molecule has 5 rings (SSSR count). The van der Waals surface area contributed by atoms with E-state index in [0.717, 1.165) is 0 Å². The van der Waals surface area contributed by atoms with Crippen molar-refractivity contribution in [2.24, 2.45) is 0 Å². The van der Waals surface area contributed by atoms with Gasteiger partial charge in [0.25, 0.3) is 0 Å². The van der Waals surface area contributed by atoms with E-state index in [1.807, 2.05) is 25.2 Å². The van der Waals surface area contributed by atoms with Gasteiger partial charge in [-0.3, -0.25) is 0 Å². The van der Waals surface area contributed by atoms with E-state index >= 15 is 0 Å². The Balaban J connectivity index is 1.81. The van der Waals surface area contributed by atoms with Gasteiger partial charge in [-0.05, 0) is 66.2 Å². The summed E-state index contributed by atoms with van der Waals surface area (Å²) in [5.41, 5.74) is -0.429. The summed E-state index contributed by atoms with van der Waals surface area (Å²) in [6.45, 7) is 7.50. The summed E-state index contributed by atoms with van der Waals surface area (Å²) in [4.78, 5) is 0. The van der Waals surface area contributed by atoms with Gasteiger partial charge >= 0.3 is 7.48 Å². The van der Waals surface area contributed by atoms with E-state index in [4.69, 9.17) is 4.65 Å². The molecule has 0 aliphatic rings. The molecule has 2 nitrogen and oxygen atoms in total. The van der Waals surface area contributed by atoms with Crippen LogP contribution in [0.4, 0.5) is 0 Å². The average Bonchev–Trinajstić information content (AvgIpc) is 3.10. The zero-order chi connectivity index (χ0) is 21.1. The Hall–Kier alpha value is -2.40. The zero-order valence-electron chi connectivity index (χ0n) is 17.8. The molecule has 0 unspecified atom stereocenters. The Kier molecular flexibility index (Phi) is 4.44. The van der Waals surface area contributed by atoms with Crippen LogP contribution >= 0.6 is 11.3 Å². The summed E-state index contributed by atoms with van der Waals surface area (Å²) in [5, 5.41) is 18.2. The molecule has 150 valence electrons. The van der Waals surface area contributed by atoms with Crippen LogP contribution in [-0.2, 0) is 4.65 Å². The lowest BCUT2D eigenvalue weighted by molar-refractivity contribution is -0.0893. The predicted octanol–water partition coefficient (Wildman–Crippen LogP) is 5.90. The molecule has 1 aromatic heterocycles. The Morgan fingerprint density at radius 2 is 1.47 bits per heavy atom. The highest BCUT2D eigenvalue weighted by molar-refractivity contribution is 7.27. The topological polar surface area (TPSA) is 29.5 Å². The summed E-state index contributed by atoms with van der Waals surface area (Å²) in [6, 6.07) is 23.9. The molecule has 0 aliphatic heterocycles. The van der Waals surface area contributed by atoms with E-state index in [1.54, 1.807) is 13.8 Å². The van der Waals surface area contributed by atoms with Crippen molar-refractivity contribution in [3.63, 3.8) is 0 Å². The van der Waals surface area contributed by atoms with Gasteiger partial charge in [0.1, 0.15) is 0 Å². The summed E-state index contributed by atoms with van der Waals surface area (Å²) in [7, 11) is 0.455. The standard InChI is InChI=1S/C26H25BO2S/c1-25(2,28)26(3,4)29-27-20-15-17-14-13-16-9-5-6-10-18(16)22(17)24-23(20)19-11-7-8-12-21(19)30-24/h5-15,27-28H,1-4H3. The van der Waals surface area contributed by atoms with Gasteiger partial charge < -0.3 is 9.76 Å². The summed E-state index contributed by atoms with van der Waals surface area (Å²) < 4.78 is 8.90. The van der Waals surface area contributed by atoms with E-state index in [1.165, 1.54) is 47.2 Å². The van der Waals surface area contributed by atoms with Crippen LogP contribution in [0.1, 0.15) is 27.7 Å². The maximum absolute atomic E-state index is 10.5. The molecule has 0 bridgehead atoms. The fourth-order valence-corrected chi connectivity index (χ4v) is 5.33. The number of fused-ring (bicyclic) bond motifs is 7. The first kappa shape index (κ1) is 19.6. The first-order chi connectivity index (χ1) is 14.3. The fraction of sp³-hybridized carbons (Fsp3) is 0.231. The van der Waals surface area contributed by atoms with Crippen LogP contribution in [0.2, 0.25) is 0 Å². The second-order valence-electron chi connectivity index (χ2n) is 9.08. The molecule has 1 N–H and O–H groups in total. The van der Waals surface area contributed by atoms with E-state index in [-0.39, 0.29) is 0 Å².